The van der Waals surface area contributed by atoms with E-state index in [-0.39, 0.29) is 16.9 Å². The Morgan fingerprint density at radius 3 is 2.60 bits per heavy atom. The molecule has 1 aromatic rings. The number of hydrogen-bond acceptors (Lipinski definition) is 2. The maximum absolute atomic E-state index is 12.5. The third-order valence-corrected chi connectivity index (χ3v) is 2.11. The van der Waals surface area contributed by atoms with Crippen LogP contribution in [0.1, 0.15) is 18.5 Å². The predicted octanol–water partition coefficient (Wildman–Crippen LogP) is 3.30. The van der Waals surface area contributed by atoms with Crippen LogP contribution in [0, 0.1) is 0 Å². The number of aromatic nitrogens is 1. The van der Waals surface area contributed by atoms with Crippen LogP contribution >= 0.6 is 11.6 Å². The van der Waals surface area contributed by atoms with Gasteiger partial charge in [-0.2, -0.15) is 13.2 Å². The van der Waals surface area contributed by atoms with Gasteiger partial charge in [-0.3, -0.25) is 0 Å². The molecule has 1 aliphatic rings. The number of ether oxygens (including phenoxy) is 1. The molecule has 1 aliphatic carbocycles. The van der Waals surface area contributed by atoms with Crippen molar-refractivity contribution < 1.29 is 17.9 Å². The van der Waals surface area contributed by atoms with Gasteiger partial charge in [0.15, 0.2) is 11.4 Å². The minimum Gasteiger partial charge on any atom is -0.488 e. The van der Waals surface area contributed by atoms with E-state index >= 15 is 0 Å². The van der Waals surface area contributed by atoms with Gasteiger partial charge in [0.05, 0.1) is 11.1 Å². The highest BCUT2D eigenvalue weighted by Crippen LogP contribution is 2.38. The van der Waals surface area contributed by atoms with Gasteiger partial charge in [0.25, 0.3) is 0 Å². The average molecular weight is 238 g/mol. The topological polar surface area (TPSA) is 22.1 Å². The summed E-state index contributed by atoms with van der Waals surface area (Å²) < 4.78 is 42.5. The lowest BCUT2D eigenvalue weighted by molar-refractivity contribution is -0.142. The first kappa shape index (κ1) is 10.5. The van der Waals surface area contributed by atoms with Gasteiger partial charge in [-0.1, -0.05) is 11.6 Å². The third-order valence-electron chi connectivity index (χ3n) is 1.91. The molecule has 0 saturated heterocycles. The van der Waals surface area contributed by atoms with E-state index in [0.29, 0.717) is 0 Å². The Morgan fingerprint density at radius 1 is 1.40 bits per heavy atom. The van der Waals surface area contributed by atoms with Crippen molar-refractivity contribution in [3.05, 3.63) is 23.0 Å². The smallest absolute Gasteiger partial charge is 0.437 e. The Kier molecular flexibility index (Phi) is 2.50. The van der Waals surface area contributed by atoms with Crippen LogP contribution in [-0.4, -0.2) is 11.1 Å². The molecule has 0 spiro atoms. The van der Waals surface area contributed by atoms with Crippen molar-refractivity contribution in [1.82, 2.24) is 4.98 Å². The fourth-order valence-corrected chi connectivity index (χ4v) is 1.24. The lowest BCUT2D eigenvalue weighted by atomic mass is 10.3. The normalized spacial score (nSPS) is 16.5. The van der Waals surface area contributed by atoms with Crippen molar-refractivity contribution in [3.8, 4) is 5.75 Å². The van der Waals surface area contributed by atoms with E-state index in [4.69, 9.17) is 16.3 Å². The molecular formula is C9H7ClF3NO. The summed E-state index contributed by atoms with van der Waals surface area (Å²) in [5.74, 6) is -0.280. The molecule has 0 aromatic carbocycles. The fourth-order valence-electron chi connectivity index (χ4n) is 1.09. The Balaban J connectivity index is 2.34. The summed E-state index contributed by atoms with van der Waals surface area (Å²) >= 11 is 5.56. The van der Waals surface area contributed by atoms with Crippen molar-refractivity contribution in [3.63, 3.8) is 0 Å². The second kappa shape index (κ2) is 3.56. The lowest BCUT2D eigenvalue weighted by Crippen LogP contribution is -2.11. The Bertz CT molecular complexity index is 376. The van der Waals surface area contributed by atoms with Crippen LogP contribution in [0.25, 0.3) is 0 Å². The van der Waals surface area contributed by atoms with Crippen molar-refractivity contribution in [1.29, 1.82) is 0 Å². The number of rotatable bonds is 2. The number of alkyl halides is 3. The zero-order valence-corrected chi connectivity index (χ0v) is 8.27. The van der Waals surface area contributed by atoms with Crippen molar-refractivity contribution >= 4 is 11.6 Å². The van der Waals surface area contributed by atoms with E-state index in [1.54, 1.807) is 0 Å². The SMILES string of the molecule is FC(F)(F)c1ncc(Cl)cc1OC1CC1. The van der Waals surface area contributed by atoms with Crippen LogP contribution in [0.5, 0.6) is 5.75 Å². The lowest BCUT2D eigenvalue weighted by Gasteiger charge is -2.12. The molecule has 1 saturated carbocycles. The predicted molar refractivity (Wildman–Crippen MR) is 47.9 cm³/mol. The van der Waals surface area contributed by atoms with Gasteiger partial charge in [0, 0.05) is 12.3 Å². The molecule has 0 amide bonds. The molecule has 0 bridgehead atoms. The molecule has 1 fully saturated rings. The maximum atomic E-state index is 12.5. The monoisotopic (exact) mass is 237 g/mol. The second-order valence-electron chi connectivity index (χ2n) is 3.32. The Morgan fingerprint density at radius 2 is 2.07 bits per heavy atom. The van der Waals surface area contributed by atoms with Gasteiger partial charge in [-0.25, -0.2) is 4.98 Å². The first-order valence-electron chi connectivity index (χ1n) is 4.36. The first-order valence-corrected chi connectivity index (χ1v) is 4.74. The van der Waals surface area contributed by atoms with Crippen molar-refractivity contribution in [2.75, 3.05) is 0 Å². The van der Waals surface area contributed by atoms with Gasteiger partial charge < -0.3 is 4.74 Å². The largest absolute Gasteiger partial charge is 0.488 e. The van der Waals surface area contributed by atoms with E-state index in [0.717, 1.165) is 25.1 Å². The zero-order valence-electron chi connectivity index (χ0n) is 7.51. The van der Waals surface area contributed by atoms with Gasteiger partial charge in [-0.05, 0) is 12.8 Å². The van der Waals surface area contributed by atoms with Crippen LogP contribution in [0.2, 0.25) is 5.02 Å². The highest BCUT2D eigenvalue weighted by Gasteiger charge is 2.38. The van der Waals surface area contributed by atoms with Gasteiger partial charge in [0.1, 0.15) is 0 Å². The summed E-state index contributed by atoms with van der Waals surface area (Å²) in [6, 6.07) is 1.15. The molecule has 0 radical (unpaired) electrons. The van der Waals surface area contributed by atoms with Crippen molar-refractivity contribution in [2.45, 2.75) is 25.1 Å². The van der Waals surface area contributed by atoms with E-state index in [2.05, 4.69) is 4.98 Å². The highest BCUT2D eigenvalue weighted by atomic mass is 35.5. The summed E-state index contributed by atoms with van der Waals surface area (Å²) in [5.41, 5.74) is -1.02. The molecule has 1 aromatic heterocycles. The summed E-state index contributed by atoms with van der Waals surface area (Å²) in [6.07, 6.45) is -2.10. The summed E-state index contributed by atoms with van der Waals surface area (Å²) in [5, 5.41) is 0.138. The maximum Gasteiger partial charge on any atom is 0.437 e. The Labute approximate surface area is 89.0 Å². The zero-order chi connectivity index (χ0) is 11.1. The molecule has 6 heteroatoms. The molecule has 82 valence electrons. The minimum absolute atomic E-state index is 0.119. The van der Waals surface area contributed by atoms with E-state index in [1.165, 1.54) is 0 Å². The molecule has 2 rings (SSSR count). The molecular weight excluding hydrogens is 231 g/mol. The van der Waals surface area contributed by atoms with Crippen molar-refractivity contribution in [2.24, 2.45) is 0 Å². The molecule has 1 heterocycles. The third kappa shape index (κ3) is 2.53. The van der Waals surface area contributed by atoms with Crippen LogP contribution in [-0.2, 0) is 6.18 Å². The summed E-state index contributed by atoms with van der Waals surface area (Å²) in [7, 11) is 0. The van der Waals surface area contributed by atoms with Gasteiger partial charge >= 0.3 is 6.18 Å². The number of halogens is 4. The van der Waals surface area contributed by atoms with E-state index < -0.39 is 11.9 Å². The average Bonchev–Trinajstić information content (AvgIpc) is 2.85. The Hall–Kier alpha value is -0.970. The van der Waals surface area contributed by atoms with E-state index in [1.807, 2.05) is 0 Å². The van der Waals surface area contributed by atoms with Gasteiger partial charge in [-0.15, -0.1) is 0 Å². The van der Waals surface area contributed by atoms with Gasteiger partial charge in [0.2, 0.25) is 0 Å². The molecule has 2 nitrogen and oxygen atoms in total. The number of pyridine rings is 1. The molecule has 0 atom stereocenters. The molecule has 15 heavy (non-hydrogen) atoms. The molecule has 0 N–H and O–H groups in total. The molecule has 0 aliphatic heterocycles. The number of nitrogens with zero attached hydrogens (tertiary/aromatic N) is 1. The second-order valence-corrected chi connectivity index (χ2v) is 3.75. The first-order chi connectivity index (χ1) is 6.97. The van der Waals surface area contributed by atoms with Crippen LogP contribution in [0.3, 0.4) is 0 Å². The standard InChI is InChI=1S/C9H7ClF3NO/c10-5-3-7(15-6-1-2-6)8(14-4-5)9(11,12)13/h3-4,6H,1-2H2. The summed E-state index contributed by atoms with van der Waals surface area (Å²) in [6.45, 7) is 0. The number of hydrogen-bond donors (Lipinski definition) is 0. The fraction of sp³-hybridized carbons (Fsp3) is 0.444. The quantitative estimate of drug-likeness (QED) is 0.787. The minimum atomic E-state index is -4.51. The van der Waals surface area contributed by atoms with E-state index in [9.17, 15) is 13.2 Å². The van der Waals surface area contributed by atoms with Crippen LogP contribution < -0.4 is 4.74 Å². The highest BCUT2D eigenvalue weighted by molar-refractivity contribution is 6.30. The molecule has 0 unspecified atom stereocenters. The van der Waals surface area contributed by atoms with Crippen LogP contribution in [0.4, 0.5) is 13.2 Å². The summed E-state index contributed by atoms with van der Waals surface area (Å²) in [4.78, 5) is 3.25. The van der Waals surface area contributed by atoms with Crippen LogP contribution in [0.15, 0.2) is 12.3 Å².